The van der Waals surface area contributed by atoms with Crippen molar-refractivity contribution >= 4 is 11.9 Å². The molecule has 0 aliphatic carbocycles. The topological polar surface area (TPSA) is 87.0 Å². The van der Waals surface area contributed by atoms with E-state index >= 15 is 0 Å². The van der Waals surface area contributed by atoms with Crippen molar-refractivity contribution in [2.24, 2.45) is 0 Å². The molecule has 7 nitrogen and oxygen atoms in total. The maximum Gasteiger partial charge on any atom is 0.333 e. The number of amides is 1. The van der Waals surface area contributed by atoms with E-state index in [0.29, 0.717) is 29.2 Å². The van der Waals surface area contributed by atoms with Crippen LogP contribution in [-0.2, 0) is 16.0 Å². The Labute approximate surface area is 188 Å². The largest absolute Gasteiger partial charge is 0.497 e. The highest BCUT2D eigenvalue weighted by Gasteiger charge is 2.25. The standard InChI is InChI=1S/C24H25NO6.CH4/c1-4-30-24(27)22(16-8-6-5-7-9-16)25-23(26)21-13-11-19(31-21)15-17-14-18(28-2)10-12-20(17)29-3;/h5-14,22H,4,15H2,1-3H3,(H,25,26);1H4. The van der Waals surface area contributed by atoms with Gasteiger partial charge in [0, 0.05) is 12.0 Å². The third-order valence-corrected chi connectivity index (χ3v) is 4.67. The number of methoxy groups -OCH3 is 2. The molecule has 3 rings (SSSR count). The number of nitrogens with one attached hydrogen (secondary N) is 1. The van der Waals surface area contributed by atoms with Crippen LogP contribution in [0, 0.1) is 0 Å². The number of benzene rings is 2. The number of rotatable bonds is 9. The van der Waals surface area contributed by atoms with Gasteiger partial charge in [0.15, 0.2) is 11.8 Å². The van der Waals surface area contributed by atoms with Gasteiger partial charge in [-0.1, -0.05) is 37.8 Å². The highest BCUT2D eigenvalue weighted by atomic mass is 16.5. The molecule has 1 atom stereocenters. The van der Waals surface area contributed by atoms with Gasteiger partial charge in [0.1, 0.15) is 17.3 Å². The highest BCUT2D eigenvalue weighted by molar-refractivity contribution is 5.95. The molecule has 0 spiro atoms. The number of ether oxygens (including phenoxy) is 3. The second-order valence-electron chi connectivity index (χ2n) is 6.69. The average molecular weight is 440 g/mol. The fourth-order valence-corrected chi connectivity index (χ4v) is 3.15. The van der Waals surface area contributed by atoms with E-state index in [1.807, 2.05) is 24.3 Å². The molecule has 7 heteroatoms. The Balaban J connectivity index is 0.00000363. The summed E-state index contributed by atoms with van der Waals surface area (Å²) < 4.78 is 21.5. The molecule has 1 N–H and O–H groups in total. The van der Waals surface area contributed by atoms with Crippen molar-refractivity contribution in [1.29, 1.82) is 0 Å². The van der Waals surface area contributed by atoms with Crippen molar-refractivity contribution in [2.75, 3.05) is 20.8 Å². The SMILES string of the molecule is C.CCOC(=O)C(NC(=O)c1ccc(Cc2cc(OC)ccc2OC)o1)c1ccccc1. The fourth-order valence-electron chi connectivity index (χ4n) is 3.15. The maximum absolute atomic E-state index is 12.8. The zero-order valence-electron chi connectivity index (χ0n) is 17.7. The van der Waals surface area contributed by atoms with Gasteiger partial charge in [-0.2, -0.15) is 0 Å². The van der Waals surface area contributed by atoms with Gasteiger partial charge in [-0.25, -0.2) is 4.79 Å². The number of furan rings is 1. The molecular formula is C25H29NO6. The summed E-state index contributed by atoms with van der Waals surface area (Å²) in [4.78, 5) is 25.2. The maximum atomic E-state index is 12.8. The molecule has 170 valence electrons. The first-order valence-electron chi connectivity index (χ1n) is 9.87. The lowest BCUT2D eigenvalue weighted by atomic mass is 10.1. The van der Waals surface area contributed by atoms with Gasteiger partial charge in [-0.15, -0.1) is 0 Å². The van der Waals surface area contributed by atoms with Crippen LogP contribution in [-0.4, -0.2) is 32.7 Å². The van der Waals surface area contributed by atoms with E-state index in [1.54, 1.807) is 57.5 Å². The molecule has 1 heterocycles. The van der Waals surface area contributed by atoms with Crippen LogP contribution in [0.4, 0.5) is 0 Å². The first-order chi connectivity index (χ1) is 15.0. The molecular weight excluding hydrogens is 410 g/mol. The predicted octanol–water partition coefficient (Wildman–Crippen LogP) is 4.56. The van der Waals surface area contributed by atoms with Crippen LogP contribution in [0.2, 0.25) is 0 Å². The summed E-state index contributed by atoms with van der Waals surface area (Å²) in [6.07, 6.45) is 0.410. The molecule has 0 radical (unpaired) electrons. The van der Waals surface area contributed by atoms with E-state index in [9.17, 15) is 9.59 Å². The zero-order valence-corrected chi connectivity index (χ0v) is 17.7. The van der Waals surface area contributed by atoms with Crippen LogP contribution in [0.25, 0.3) is 0 Å². The summed E-state index contributed by atoms with van der Waals surface area (Å²) in [6, 6.07) is 16.8. The molecule has 0 fully saturated rings. The summed E-state index contributed by atoms with van der Waals surface area (Å²) >= 11 is 0. The minimum Gasteiger partial charge on any atom is -0.497 e. The van der Waals surface area contributed by atoms with E-state index < -0.39 is 17.9 Å². The van der Waals surface area contributed by atoms with Crippen molar-refractivity contribution in [1.82, 2.24) is 5.32 Å². The normalized spacial score (nSPS) is 11.1. The van der Waals surface area contributed by atoms with Gasteiger partial charge in [0.25, 0.3) is 5.91 Å². The number of esters is 1. The molecule has 1 amide bonds. The van der Waals surface area contributed by atoms with Crippen molar-refractivity contribution in [3.63, 3.8) is 0 Å². The lowest BCUT2D eigenvalue weighted by Crippen LogP contribution is -2.34. The lowest BCUT2D eigenvalue weighted by Gasteiger charge is -2.17. The summed E-state index contributed by atoms with van der Waals surface area (Å²) in [6.45, 7) is 1.93. The van der Waals surface area contributed by atoms with Gasteiger partial charge < -0.3 is 23.9 Å². The van der Waals surface area contributed by atoms with Crippen LogP contribution < -0.4 is 14.8 Å². The summed E-state index contributed by atoms with van der Waals surface area (Å²) in [5.41, 5.74) is 1.49. The molecule has 0 saturated carbocycles. The number of carbonyl (C=O) groups excluding carboxylic acids is 2. The molecule has 3 aromatic rings. The zero-order chi connectivity index (χ0) is 22.2. The molecule has 0 aliphatic heterocycles. The minimum absolute atomic E-state index is 0. The third kappa shape index (κ3) is 5.91. The molecule has 0 aliphatic rings. The lowest BCUT2D eigenvalue weighted by molar-refractivity contribution is -0.145. The Morgan fingerprint density at radius 3 is 2.41 bits per heavy atom. The minimum atomic E-state index is -0.930. The Kier molecular flexibility index (Phi) is 8.89. The molecule has 1 aromatic heterocycles. The van der Waals surface area contributed by atoms with Crippen LogP contribution >= 0.6 is 0 Å². The van der Waals surface area contributed by atoms with E-state index in [0.717, 1.165) is 5.56 Å². The van der Waals surface area contributed by atoms with Gasteiger partial charge in [0.2, 0.25) is 0 Å². The highest BCUT2D eigenvalue weighted by Crippen LogP contribution is 2.27. The second kappa shape index (κ2) is 11.6. The Hall–Kier alpha value is -3.74. The Morgan fingerprint density at radius 1 is 1.00 bits per heavy atom. The fraction of sp³-hybridized carbons (Fsp3) is 0.280. The third-order valence-electron chi connectivity index (χ3n) is 4.67. The average Bonchev–Trinajstić information content (AvgIpc) is 3.26. The van der Waals surface area contributed by atoms with Crippen molar-refractivity contribution in [3.8, 4) is 11.5 Å². The van der Waals surface area contributed by atoms with Gasteiger partial charge in [-0.05, 0) is 42.8 Å². The Bertz CT molecular complexity index is 1030. The van der Waals surface area contributed by atoms with Crippen LogP contribution in [0.1, 0.15) is 47.8 Å². The van der Waals surface area contributed by atoms with Crippen LogP contribution in [0.3, 0.4) is 0 Å². The van der Waals surface area contributed by atoms with Gasteiger partial charge in [0.05, 0.1) is 20.8 Å². The summed E-state index contributed by atoms with van der Waals surface area (Å²) in [7, 11) is 3.18. The van der Waals surface area contributed by atoms with Crippen LogP contribution in [0.5, 0.6) is 11.5 Å². The smallest absolute Gasteiger partial charge is 0.333 e. The second-order valence-corrected chi connectivity index (χ2v) is 6.69. The molecule has 0 saturated heterocycles. The van der Waals surface area contributed by atoms with Crippen molar-refractivity contribution < 1.29 is 28.2 Å². The number of hydrogen-bond acceptors (Lipinski definition) is 6. The molecule has 1 unspecified atom stereocenters. The quantitative estimate of drug-likeness (QED) is 0.492. The number of carbonyl (C=O) groups is 2. The molecule has 2 aromatic carbocycles. The molecule has 32 heavy (non-hydrogen) atoms. The predicted molar refractivity (Wildman–Crippen MR) is 121 cm³/mol. The van der Waals surface area contributed by atoms with Crippen LogP contribution in [0.15, 0.2) is 65.1 Å². The number of hydrogen-bond donors (Lipinski definition) is 1. The van der Waals surface area contributed by atoms with E-state index in [2.05, 4.69) is 5.32 Å². The first-order valence-corrected chi connectivity index (χ1v) is 9.87. The van der Waals surface area contributed by atoms with E-state index in [-0.39, 0.29) is 19.8 Å². The van der Waals surface area contributed by atoms with Crippen molar-refractivity contribution in [2.45, 2.75) is 26.8 Å². The van der Waals surface area contributed by atoms with Gasteiger partial charge >= 0.3 is 5.97 Å². The summed E-state index contributed by atoms with van der Waals surface area (Å²) in [5, 5.41) is 2.70. The first kappa shape index (κ1) is 24.5. The monoisotopic (exact) mass is 439 g/mol. The molecule has 0 bridgehead atoms. The van der Waals surface area contributed by atoms with Crippen molar-refractivity contribution in [3.05, 3.63) is 83.3 Å². The Morgan fingerprint density at radius 2 is 1.75 bits per heavy atom. The van der Waals surface area contributed by atoms with E-state index in [1.165, 1.54) is 0 Å². The van der Waals surface area contributed by atoms with E-state index in [4.69, 9.17) is 18.6 Å². The van der Waals surface area contributed by atoms with Gasteiger partial charge in [-0.3, -0.25) is 4.79 Å². The summed E-state index contributed by atoms with van der Waals surface area (Å²) in [5.74, 6) is 1.02.